The van der Waals surface area contributed by atoms with Gasteiger partial charge in [0.05, 0.1) is 0 Å². The van der Waals surface area contributed by atoms with Crippen LogP contribution >= 0.6 is 18.6 Å². The maximum Gasteiger partial charge on any atom is 0.00705 e. The summed E-state index contributed by atoms with van der Waals surface area (Å²) in [6.07, 6.45) is 14.1. The monoisotopic (exact) mass is 363 g/mol. The molecule has 0 bridgehead atoms. The maximum absolute atomic E-state index is 4.89. The van der Waals surface area contributed by atoms with Crippen LogP contribution in [0.4, 0.5) is 0 Å². The molecule has 3 aromatic rings. The predicted molar refractivity (Wildman–Crippen MR) is 92.1 cm³/mol. The first kappa shape index (κ1) is 17.2. The molecule has 0 atom stereocenters. The SMILES string of the molecule is [C-]1=CC=CC1.[Cl][Ti][Cl].c1ccc2[cH-]c(-n3cccc3)cc2c1. The Bertz CT molecular complexity index is 683. The van der Waals surface area contributed by atoms with Crippen molar-refractivity contribution in [3.05, 3.63) is 85.2 Å². The Balaban J connectivity index is 0.000000184. The van der Waals surface area contributed by atoms with E-state index in [0.29, 0.717) is 0 Å². The molecule has 4 heteroatoms. The zero-order chi connectivity index (χ0) is 15.6. The normalized spacial score (nSPS) is 11.5. The van der Waals surface area contributed by atoms with Gasteiger partial charge in [-0.2, -0.15) is 6.08 Å². The number of rotatable bonds is 1. The fraction of sp³-hybridized carbons (Fsp3) is 0.0556. The Morgan fingerprint density at radius 3 is 2.36 bits per heavy atom. The summed E-state index contributed by atoms with van der Waals surface area (Å²) >= 11 is -0.556. The third-order valence-corrected chi connectivity index (χ3v) is 3.09. The van der Waals surface area contributed by atoms with Crippen LogP contribution in [0.15, 0.2) is 79.2 Å². The number of hydrogen-bond donors (Lipinski definition) is 0. The Morgan fingerprint density at radius 1 is 1.09 bits per heavy atom. The largest absolute Gasteiger partial charge is 0.342 e. The summed E-state index contributed by atoms with van der Waals surface area (Å²) in [5, 5.41) is 2.60. The van der Waals surface area contributed by atoms with E-state index in [1.807, 2.05) is 24.3 Å². The minimum atomic E-state index is -0.556. The van der Waals surface area contributed by atoms with E-state index in [1.165, 1.54) is 16.5 Å². The zero-order valence-electron chi connectivity index (χ0n) is 11.9. The molecule has 4 rings (SSSR count). The molecule has 1 aliphatic carbocycles. The van der Waals surface area contributed by atoms with Crippen LogP contribution in [-0.4, -0.2) is 4.57 Å². The number of aromatic nitrogens is 1. The second kappa shape index (κ2) is 9.81. The van der Waals surface area contributed by atoms with Crippen molar-refractivity contribution in [3.63, 3.8) is 0 Å². The molecule has 112 valence electrons. The van der Waals surface area contributed by atoms with Crippen molar-refractivity contribution in [1.82, 2.24) is 4.57 Å². The van der Waals surface area contributed by atoms with Crippen molar-refractivity contribution in [2.75, 3.05) is 0 Å². The molecular formula is C18H15Cl2NTi-2. The van der Waals surface area contributed by atoms with Crippen LogP contribution in [0.25, 0.3) is 16.5 Å². The molecule has 0 saturated carbocycles. The van der Waals surface area contributed by atoms with Gasteiger partial charge in [0.2, 0.25) is 0 Å². The van der Waals surface area contributed by atoms with Crippen molar-refractivity contribution in [2.45, 2.75) is 6.42 Å². The fourth-order valence-corrected chi connectivity index (χ4v) is 2.13. The molecule has 22 heavy (non-hydrogen) atoms. The summed E-state index contributed by atoms with van der Waals surface area (Å²) in [4.78, 5) is 0. The molecule has 0 amide bonds. The summed E-state index contributed by atoms with van der Waals surface area (Å²) < 4.78 is 2.12. The molecule has 1 aromatic heterocycles. The van der Waals surface area contributed by atoms with Crippen molar-refractivity contribution in [1.29, 1.82) is 0 Å². The molecule has 1 aliphatic rings. The molecule has 0 fully saturated rings. The Morgan fingerprint density at radius 2 is 1.82 bits per heavy atom. The van der Waals surface area contributed by atoms with Gasteiger partial charge in [-0.25, -0.2) is 12.2 Å². The second-order valence-corrected chi connectivity index (χ2v) is 7.09. The van der Waals surface area contributed by atoms with Crippen LogP contribution in [0.1, 0.15) is 6.42 Å². The van der Waals surface area contributed by atoms with E-state index in [2.05, 4.69) is 65.5 Å². The van der Waals surface area contributed by atoms with Gasteiger partial charge in [-0.1, -0.05) is 6.07 Å². The average molecular weight is 364 g/mol. The van der Waals surface area contributed by atoms with Crippen LogP contribution < -0.4 is 0 Å². The van der Waals surface area contributed by atoms with Gasteiger partial charge in [0.1, 0.15) is 0 Å². The van der Waals surface area contributed by atoms with E-state index in [9.17, 15) is 0 Å². The van der Waals surface area contributed by atoms with Crippen molar-refractivity contribution in [3.8, 4) is 5.69 Å². The second-order valence-electron chi connectivity index (χ2n) is 4.51. The van der Waals surface area contributed by atoms with Crippen LogP contribution in [0.3, 0.4) is 0 Å². The first-order valence-corrected chi connectivity index (χ1v) is 11.1. The summed E-state index contributed by atoms with van der Waals surface area (Å²) in [6.45, 7) is 0. The number of allylic oxidation sites excluding steroid dienone is 4. The van der Waals surface area contributed by atoms with Crippen LogP contribution in [-0.2, 0) is 17.0 Å². The van der Waals surface area contributed by atoms with Gasteiger partial charge < -0.3 is 4.57 Å². The van der Waals surface area contributed by atoms with Gasteiger partial charge in [0.15, 0.2) is 0 Å². The molecular weight excluding hydrogens is 349 g/mol. The third kappa shape index (κ3) is 5.26. The standard InChI is InChI=1S/C13H10N.C5H5.2ClH.Ti/c1-2-6-12-10-13(9-11(12)5-1)14-7-3-4-8-14;1-2-4-5-3-1;;;/h1-10H;1-3H,4H2;2*1H;/q2*-1;;;+2/p-2. The number of nitrogens with zero attached hydrogens (tertiary/aromatic N) is 1. The first-order chi connectivity index (χ1) is 10.8. The van der Waals surface area contributed by atoms with Crippen molar-refractivity contribution >= 4 is 29.4 Å². The molecule has 1 heterocycles. The Kier molecular flexibility index (Phi) is 7.69. The fourth-order valence-electron chi connectivity index (χ4n) is 2.13. The maximum atomic E-state index is 4.89. The average Bonchev–Trinajstić information content (AvgIpc) is 3.29. The van der Waals surface area contributed by atoms with E-state index in [4.69, 9.17) is 18.6 Å². The van der Waals surface area contributed by atoms with Gasteiger partial charge in [0.25, 0.3) is 0 Å². The third-order valence-electron chi connectivity index (χ3n) is 3.09. The summed E-state index contributed by atoms with van der Waals surface area (Å²) in [6, 6.07) is 16.9. The van der Waals surface area contributed by atoms with Gasteiger partial charge in [-0.15, -0.1) is 47.5 Å². The Hall–Kier alpha value is -1.12. The molecule has 0 aliphatic heterocycles. The minimum Gasteiger partial charge on any atom is -0.342 e. The summed E-state index contributed by atoms with van der Waals surface area (Å²) in [7, 11) is 9.78. The molecule has 0 radical (unpaired) electrons. The van der Waals surface area contributed by atoms with Gasteiger partial charge in [0, 0.05) is 12.4 Å². The summed E-state index contributed by atoms with van der Waals surface area (Å²) in [5.74, 6) is 0. The number of halogens is 2. The van der Waals surface area contributed by atoms with Crippen molar-refractivity contribution < 1.29 is 17.0 Å². The van der Waals surface area contributed by atoms with Crippen LogP contribution in [0.2, 0.25) is 0 Å². The number of hydrogen-bond acceptors (Lipinski definition) is 0. The van der Waals surface area contributed by atoms with E-state index in [-0.39, 0.29) is 0 Å². The topological polar surface area (TPSA) is 4.93 Å². The van der Waals surface area contributed by atoms with Gasteiger partial charge >= 0.3 is 35.6 Å². The smallest absolute Gasteiger partial charge is 0.00705 e. The van der Waals surface area contributed by atoms with E-state index < -0.39 is 17.0 Å². The molecule has 1 nitrogen and oxygen atoms in total. The van der Waals surface area contributed by atoms with E-state index >= 15 is 0 Å². The first-order valence-electron chi connectivity index (χ1n) is 6.82. The van der Waals surface area contributed by atoms with Crippen LogP contribution in [0, 0.1) is 6.08 Å². The van der Waals surface area contributed by atoms with Crippen molar-refractivity contribution in [2.24, 2.45) is 0 Å². The minimum absolute atomic E-state index is 0.556. The molecule has 0 N–H and O–H groups in total. The quantitative estimate of drug-likeness (QED) is 0.367. The van der Waals surface area contributed by atoms with E-state index in [1.54, 1.807) is 0 Å². The predicted octanol–water partition coefficient (Wildman–Crippen LogP) is 6.03. The number of fused-ring (bicyclic) bond motifs is 1. The molecule has 2 aromatic carbocycles. The van der Waals surface area contributed by atoms with Gasteiger partial charge in [-0.3, -0.25) is 6.08 Å². The van der Waals surface area contributed by atoms with Gasteiger partial charge in [-0.05, 0) is 17.8 Å². The number of benzene rings is 1. The van der Waals surface area contributed by atoms with E-state index in [0.717, 1.165) is 6.42 Å². The molecule has 0 unspecified atom stereocenters. The molecule has 0 saturated heterocycles. The Labute approximate surface area is 147 Å². The zero-order valence-corrected chi connectivity index (χ0v) is 15.0. The molecule has 0 spiro atoms. The van der Waals surface area contributed by atoms with Crippen LogP contribution in [0.5, 0.6) is 0 Å². The summed E-state index contributed by atoms with van der Waals surface area (Å²) in [5.41, 5.74) is 1.23.